The minimum atomic E-state index is -3.56. The van der Waals surface area contributed by atoms with Gasteiger partial charge in [-0.3, -0.25) is 4.79 Å². The van der Waals surface area contributed by atoms with Crippen molar-refractivity contribution in [3.63, 3.8) is 0 Å². The van der Waals surface area contributed by atoms with Gasteiger partial charge in [0.05, 0.1) is 22.2 Å². The number of anilines is 2. The van der Waals surface area contributed by atoms with Crippen LogP contribution in [-0.2, 0) is 16.4 Å². The Hall–Kier alpha value is -2.46. The number of aromatic nitrogens is 1. The highest BCUT2D eigenvalue weighted by Crippen LogP contribution is 2.37. The molecule has 34 heavy (non-hydrogen) atoms. The third-order valence-corrected chi connectivity index (χ3v) is 5.94. The second-order valence-corrected chi connectivity index (χ2v) is 10.5. The molecule has 0 fully saturated rings. The van der Waals surface area contributed by atoms with Gasteiger partial charge in [0.1, 0.15) is 12.9 Å². The molecule has 3 aromatic rings. The number of nitrogens with one attached hydrogen (secondary N) is 2. The third-order valence-electron chi connectivity index (χ3n) is 4.68. The molecule has 0 saturated heterocycles. The average molecular weight is 547 g/mol. The molecule has 0 aliphatic heterocycles. The van der Waals surface area contributed by atoms with Crippen LogP contribution in [-0.4, -0.2) is 38.1 Å². The van der Waals surface area contributed by atoms with E-state index in [-0.39, 0.29) is 17.6 Å². The van der Waals surface area contributed by atoms with Crippen molar-refractivity contribution in [1.29, 1.82) is 0 Å². The number of hydrogen-bond acceptors (Lipinski definition) is 6. The number of halogens is 3. The van der Waals surface area contributed by atoms with Gasteiger partial charge >= 0.3 is 6.01 Å². The second kappa shape index (κ2) is 11.3. The molecule has 2 N–H and O–H groups in total. The first-order chi connectivity index (χ1) is 16.1. The van der Waals surface area contributed by atoms with Gasteiger partial charge in [-0.25, -0.2) is 13.1 Å². The third kappa shape index (κ3) is 7.27. The molecule has 1 heterocycles. The number of carbonyl (C=O) groups excluding carboxylic acids is 1. The predicted octanol–water partition coefficient (Wildman–Crippen LogP) is 5.57. The number of alkyl halides is 1. The molecule has 1 atom stereocenters. The zero-order chi connectivity index (χ0) is 24.9. The lowest BCUT2D eigenvalue weighted by molar-refractivity contribution is 0.102. The van der Waals surface area contributed by atoms with E-state index < -0.39 is 15.9 Å². The van der Waals surface area contributed by atoms with Crippen LogP contribution in [0, 0.1) is 0 Å². The van der Waals surface area contributed by atoms with Crippen LogP contribution in [0.1, 0.15) is 34.5 Å². The van der Waals surface area contributed by atoms with E-state index in [1.54, 1.807) is 12.1 Å². The largest absolute Gasteiger partial charge is 0.489 e. The summed E-state index contributed by atoms with van der Waals surface area (Å²) >= 11 is 18.3. The number of nitrogens with zero attached hydrogens (tertiary/aromatic N) is 1. The van der Waals surface area contributed by atoms with Gasteiger partial charge in [0.2, 0.25) is 10.0 Å². The standard InChI is InChI=1S/C22H22Cl3N3O5S/c1-13(15-10-17(24)20(18(25)11-15)32-8-7-23)9-14-3-5-16(6-4-14)26-21(29)19-12-33-22(27-19)28-34(2,30)31/h3-6,10-13H,7-9H2,1-2H3,(H,26,29)(H,27,28)/t13-/m1/s1. The molecule has 0 aliphatic rings. The first kappa shape index (κ1) is 26.2. The van der Waals surface area contributed by atoms with Crippen molar-refractivity contribution in [2.24, 2.45) is 0 Å². The Balaban J connectivity index is 1.62. The number of rotatable bonds is 10. The lowest BCUT2D eigenvalue weighted by Gasteiger charge is -2.16. The van der Waals surface area contributed by atoms with Gasteiger partial charge in [-0.15, -0.1) is 11.6 Å². The van der Waals surface area contributed by atoms with Crippen molar-refractivity contribution >= 4 is 62.4 Å². The summed E-state index contributed by atoms with van der Waals surface area (Å²) in [7, 11) is -3.56. The molecular formula is C22H22Cl3N3O5S. The van der Waals surface area contributed by atoms with E-state index in [1.165, 1.54) is 0 Å². The van der Waals surface area contributed by atoms with E-state index in [0.717, 1.165) is 23.6 Å². The summed E-state index contributed by atoms with van der Waals surface area (Å²) in [6, 6.07) is 10.7. The topological polar surface area (TPSA) is 111 Å². The highest BCUT2D eigenvalue weighted by Gasteiger charge is 2.16. The summed E-state index contributed by atoms with van der Waals surface area (Å²) in [6.07, 6.45) is 2.74. The van der Waals surface area contributed by atoms with Crippen molar-refractivity contribution in [1.82, 2.24) is 4.98 Å². The first-order valence-corrected chi connectivity index (χ1v) is 13.2. The Morgan fingerprint density at radius 2 is 1.82 bits per heavy atom. The molecule has 0 unspecified atom stereocenters. The smallest absolute Gasteiger partial charge is 0.309 e. The molecule has 0 aliphatic carbocycles. The van der Waals surface area contributed by atoms with Crippen LogP contribution >= 0.6 is 34.8 Å². The Labute approximate surface area is 212 Å². The van der Waals surface area contributed by atoms with Gasteiger partial charge in [0.15, 0.2) is 11.4 Å². The molecule has 0 saturated carbocycles. The number of amides is 1. The van der Waals surface area contributed by atoms with Gasteiger partial charge in [-0.1, -0.05) is 42.3 Å². The van der Waals surface area contributed by atoms with Crippen molar-refractivity contribution < 1.29 is 22.4 Å². The molecule has 2 aromatic carbocycles. The molecular weight excluding hydrogens is 525 g/mol. The van der Waals surface area contributed by atoms with Crippen LogP contribution in [0.3, 0.4) is 0 Å². The van der Waals surface area contributed by atoms with Crippen LogP contribution in [0.25, 0.3) is 0 Å². The molecule has 0 spiro atoms. The van der Waals surface area contributed by atoms with Crippen LogP contribution in [0.4, 0.5) is 11.7 Å². The van der Waals surface area contributed by atoms with E-state index in [4.69, 9.17) is 44.0 Å². The van der Waals surface area contributed by atoms with Crippen LogP contribution in [0.5, 0.6) is 5.75 Å². The molecule has 12 heteroatoms. The Morgan fingerprint density at radius 3 is 2.41 bits per heavy atom. The van der Waals surface area contributed by atoms with E-state index in [1.807, 2.05) is 24.3 Å². The minimum absolute atomic E-state index is 0.0592. The maximum atomic E-state index is 12.3. The monoisotopic (exact) mass is 545 g/mol. The SMILES string of the molecule is C[C@H](Cc1ccc(NC(=O)c2coc(NS(C)(=O)=O)n2)cc1)c1cc(Cl)c(OCCCl)c(Cl)c1. The molecule has 182 valence electrons. The van der Waals surface area contributed by atoms with Gasteiger partial charge in [-0.05, 0) is 47.7 Å². The number of sulfonamides is 1. The molecule has 8 nitrogen and oxygen atoms in total. The van der Waals surface area contributed by atoms with E-state index in [9.17, 15) is 13.2 Å². The normalized spacial score (nSPS) is 12.3. The lowest BCUT2D eigenvalue weighted by Crippen LogP contribution is -2.13. The molecule has 1 aromatic heterocycles. The van der Waals surface area contributed by atoms with Crippen LogP contribution in [0.15, 0.2) is 47.1 Å². The van der Waals surface area contributed by atoms with E-state index in [2.05, 4.69) is 21.9 Å². The summed E-state index contributed by atoms with van der Waals surface area (Å²) in [5.41, 5.74) is 2.50. The van der Waals surface area contributed by atoms with E-state index in [0.29, 0.717) is 40.4 Å². The number of carbonyl (C=O) groups is 1. The van der Waals surface area contributed by atoms with Gasteiger partial charge in [0, 0.05) is 5.69 Å². The summed E-state index contributed by atoms with van der Waals surface area (Å²) in [5.74, 6) is 0.341. The fourth-order valence-corrected chi connectivity index (χ4v) is 4.22. The number of oxazole rings is 1. The van der Waals surface area contributed by atoms with Crippen molar-refractivity contribution in [2.45, 2.75) is 19.3 Å². The first-order valence-electron chi connectivity index (χ1n) is 10.1. The summed E-state index contributed by atoms with van der Waals surface area (Å²) < 4.78 is 35.0. The summed E-state index contributed by atoms with van der Waals surface area (Å²) in [5, 5.41) is 3.55. The Bertz CT molecular complexity index is 1240. The predicted molar refractivity (Wildman–Crippen MR) is 134 cm³/mol. The minimum Gasteiger partial charge on any atom is -0.489 e. The van der Waals surface area contributed by atoms with E-state index >= 15 is 0 Å². The average Bonchev–Trinajstić information content (AvgIpc) is 3.21. The van der Waals surface area contributed by atoms with Crippen LogP contribution < -0.4 is 14.8 Å². The fraction of sp³-hybridized carbons (Fsp3) is 0.273. The highest BCUT2D eigenvalue weighted by molar-refractivity contribution is 7.91. The number of ether oxygens (including phenoxy) is 1. The fourth-order valence-electron chi connectivity index (χ4n) is 3.12. The highest BCUT2D eigenvalue weighted by atomic mass is 35.5. The quantitative estimate of drug-likeness (QED) is 0.322. The van der Waals surface area contributed by atoms with Gasteiger partial charge in [0.25, 0.3) is 5.91 Å². The zero-order valence-electron chi connectivity index (χ0n) is 18.3. The zero-order valence-corrected chi connectivity index (χ0v) is 21.4. The lowest BCUT2D eigenvalue weighted by atomic mass is 9.93. The Morgan fingerprint density at radius 1 is 1.18 bits per heavy atom. The molecule has 0 bridgehead atoms. The second-order valence-electron chi connectivity index (χ2n) is 7.52. The summed E-state index contributed by atoms with van der Waals surface area (Å²) in [6.45, 7) is 2.37. The maximum Gasteiger partial charge on any atom is 0.309 e. The maximum absolute atomic E-state index is 12.3. The Kier molecular flexibility index (Phi) is 8.70. The molecule has 3 rings (SSSR count). The molecule has 0 radical (unpaired) electrons. The number of benzene rings is 2. The van der Waals surface area contributed by atoms with Crippen molar-refractivity contribution in [2.75, 3.05) is 28.8 Å². The van der Waals surface area contributed by atoms with Gasteiger partial charge < -0.3 is 14.5 Å². The van der Waals surface area contributed by atoms with Crippen molar-refractivity contribution in [3.8, 4) is 5.75 Å². The van der Waals surface area contributed by atoms with Crippen molar-refractivity contribution in [3.05, 3.63) is 69.5 Å². The van der Waals surface area contributed by atoms with Gasteiger partial charge in [-0.2, -0.15) is 4.98 Å². The molecule has 1 amide bonds. The number of hydrogen-bond donors (Lipinski definition) is 2. The van der Waals surface area contributed by atoms with Crippen LogP contribution in [0.2, 0.25) is 10.0 Å². The summed E-state index contributed by atoms with van der Waals surface area (Å²) in [4.78, 5) is 16.2.